The predicted molar refractivity (Wildman–Crippen MR) is 134 cm³/mol. The molecular formula is C24H32ClN7O. The van der Waals surface area contributed by atoms with Crippen LogP contribution in [0.3, 0.4) is 0 Å². The number of hydrogen-bond acceptors (Lipinski definition) is 7. The van der Waals surface area contributed by atoms with E-state index in [0.29, 0.717) is 16.7 Å². The SMILES string of the molecule is CN1CCC(Nc2c(Cl)cnc3nc(-c4ccc(N5CCN(CCO)CC5)cc4)[nH]c23)CC1. The van der Waals surface area contributed by atoms with E-state index in [1.165, 1.54) is 5.69 Å². The molecule has 2 saturated heterocycles. The molecular weight excluding hydrogens is 438 g/mol. The highest BCUT2D eigenvalue weighted by atomic mass is 35.5. The van der Waals surface area contributed by atoms with Crippen LogP contribution >= 0.6 is 11.6 Å². The molecule has 176 valence electrons. The molecule has 0 atom stereocenters. The van der Waals surface area contributed by atoms with Crippen LogP contribution in [0.4, 0.5) is 11.4 Å². The van der Waals surface area contributed by atoms with Crippen LogP contribution in [0, 0.1) is 0 Å². The van der Waals surface area contributed by atoms with E-state index in [1.807, 2.05) is 0 Å². The Balaban J connectivity index is 1.33. The monoisotopic (exact) mass is 469 g/mol. The summed E-state index contributed by atoms with van der Waals surface area (Å²) in [7, 11) is 2.16. The molecule has 0 saturated carbocycles. The molecule has 0 unspecified atom stereocenters. The number of H-pyrrole nitrogens is 1. The number of piperidine rings is 1. The predicted octanol–water partition coefficient (Wildman–Crippen LogP) is 2.90. The molecule has 9 heteroatoms. The second-order valence-corrected chi connectivity index (χ2v) is 9.49. The Bertz CT molecular complexity index is 1070. The topological polar surface area (TPSA) is 83.6 Å². The van der Waals surface area contributed by atoms with Gasteiger partial charge >= 0.3 is 0 Å². The summed E-state index contributed by atoms with van der Waals surface area (Å²) in [5.74, 6) is 0.797. The molecule has 0 amide bonds. The van der Waals surface area contributed by atoms with E-state index in [0.717, 1.165) is 81.2 Å². The largest absolute Gasteiger partial charge is 0.395 e. The standard InChI is InChI=1S/C24H32ClN7O/c1-30-8-6-18(7-9-30)27-21-20(25)16-26-24-22(21)28-23(29-24)17-2-4-19(5-3-17)32-12-10-31(11-13-32)14-15-33/h2-5,16,18,33H,6-15H2,1H3,(H2,26,27,28,29). The number of nitrogens with one attached hydrogen (secondary N) is 2. The number of imidazole rings is 1. The van der Waals surface area contributed by atoms with Crippen molar-refractivity contribution in [2.45, 2.75) is 18.9 Å². The number of aliphatic hydroxyl groups excluding tert-OH is 1. The summed E-state index contributed by atoms with van der Waals surface area (Å²) in [6, 6.07) is 8.93. The number of likely N-dealkylation sites (tertiary alicyclic amines) is 1. The van der Waals surface area contributed by atoms with Gasteiger partial charge in [0.2, 0.25) is 0 Å². The van der Waals surface area contributed by atoms with E-state index >= 15 is 0 Å². The minimum Gasteiger partial charge on any atom is -0.395 e. The number of aliphatic hydroxyl groups is 1. The van der Waals surface area contributed by atoms with Crippen molar-refractivity contribution in [2.24, 2.45) is 0 Å². The fourth-order valence-electron chi connectivity index (χ4n) is 4.77. The van der Waals surface area contributed by atoms with Crippen LogP contribution in [0.5, 0.6) is 0 Å². The van der Waals surface area contributed by atoms with Gasteiger partial charge in [-0.3, -0.25) is 4.90 Å². The van der Waals surface area contributed by atoms with E-state index in [4.69, 9.17) is 21.7 Å². The third kappa shape index (κ3) is 4.94. The van der Waals surface area contributed by atoms with Crippen LogP contribution in [0.25, 0.3) is 22.6 Å². The third-order valence-electron chi connectivity index (χ3n) is 6.84. The lowest BCUT2D eigenvalue weighted by atomic mass is 10.1. The molecule has 3 aromatic rings. The minimum atomic E-state index is 0.224. The summed E-state index contributed by atoms with van der Waals surface area (Å²) < 4.78 is 0. The lowest BCUT2D eigenvalue weighted by Crippen LogP contribution is -2.47. The molecule has 2 aromatic heterocycles. The number of anilines is 2. The van der Waals surface area contributed by atoms with Gasteiger partial charge in [-0.1, -0.05) is 11.6 Å². The average Bonchev–Trinajstić information content (AvgIpc) is 3.28. The van der Waals surface area contributed by atoms with Crippen molar-refractivity contribution in [1.82, 2.24) is 24.8 Å². The number of benzene rings is 1. The quantitative estimate of drug-likeness (QED) is 0.512. The number of pyridine rings is 1. The Hall–Kier alpha value is -2.39. The fraction of sp³-hybridized carbons (Fsp3) is 0.500. The van der Waals surface area contributed by atoms with Crippen molar-refractivity contribution in [3.05, 3.63) is 35.5 Å². The number of fused-ring (bicyclic) bond motifs is 1. The first-order chi connectivity index (χ1) is 16.1. The first kappa shape index (κ1) is 22.4. The zero-order chi connectivity index (χ0) is 22.8. The number of piperazine rings is 1. The molecule has 2 aliphatic rings. The van der Waals surface area contributed by atoms with Gasteiger partial charge in [-0.2, -0.15) is 0 Å². The first-order valence-corrected chi connectivity index (χ1v) is 12.2. The van der Waals surface area contributed by atoms with Crippen molar-refractivity contribution in [1.29, 1.82) is 0 Å². The Kier molecular flexibility index (Phi) is 6.69. The fourth-order valence-corrected chi connectivity index (χ4v) is 4.97. The zero-order valence-corrected chi connectivity index (χ0v) is 19.9. The summed E-state index contributed by atoms with van der Waals surface area (Å²) in [6.45, 7) is 7.04. The van der Waals surface area contributed by atoms with Crippen molar-refractivity contribution in [3.8, 4) is 11.4 Å². The smallest absolute Gasteiger partial charge is 0.180 e. The Morgan fingerprint density at radius 3 is 2.52 bits per heavy atom. The number of rotatable bonds is 6. The molecule has 8 nitrogen and oxygen atoms in total. The number of nitrogens with zero attached hydrogens (tertiary/aromatic N) is 5. The minimum absolute atomic E-state index is 0.224. The second kappa shape index (κ2) is 9.85. The molecule has 5 rings (SSSR count). The molecule has 0 bridgehead atoms. The van der Waals surface area contributed by atoms with Crippen LogP contribution < -0.4 is 10.2 Å². The Morgan fingerprint density at radius 2 is 1.82 bits per heavy atom. The van der Waals surface area contributed by atoms with Gasteiger partial charge in [-0.25, -0.2) is 9.97 Å². The van der Waals surface area contributed by atoms with Gasteiger partial charge in [0.15, 0.2) is 5.65 Å². The molecule has 0 spiro atoms. The number of hydrogen-bond donors (Lipinski definition) is 3. The van der Waals surface area contributed by atoms with Crippen LogP contribution in [-0.2, 0) is 0 Å². The normalized spacial score (nSPS) is 18.8. The van der Waals surface area contributed by atoms with Crippen LogP contribution in [-0.4, -0.2) is 95.4 Å². The zero-order valence-electron chi connectivity index (χ0n) is 19.1. The maximum Gasteiger partial charge on any atom is 0.180 e. The van der Waals surface area contributed by atoms with E-state index in [1.54, 1.807) is 6.20 Å². The molecule has 2 aliphatic heterocycles. The van der Waals surface area contributed by atoms with E-state index < -0.39 is 0 Å². The van der Waals surface area contributed by atoms with Crippen LogP contribution in [0.1, 0.15) is 12.8 Å². The average molecular weight is 470 g/mol. The lowest BCUT2D eigenvalue weighted by molar-refractivity contribution is 0.189. The second-order valence-electron chi connectivity index (χ2n) is 9.09. The molecule has 2 fully saturated rings. The summed E-state index contributed by atoms with van der Waals surface area (Å²) in [6.07, 6.45) is 3.87. The first-order valence-electron chi connectivity index (χ1n) is 11.8. The highest BCUT2D eigenvalue weighted by Crippen LogP contribution is 2.32. The highest BCUT2D eigenvalue weighted by Gasteiger charge is 2.21. The number of halogens is 1. The molecule has 3 N–H and O–H groups in total. The number of aromatic amines is 1. The van der Waals surface area contributed by atoms with Crippen molar-refractivity contribution >= 4 is 34.1 Å². The van der Waals surface area contributed by atoms with E-state index in [-0.39, 0.29) is 6.61 Å². The number of aromatic nitrogens is 3. The van der Waals surface area contributed by atoms with Gasteiger partial charge in [0.1, 0.15) is 11.3 Å². The lowest BCUT2D eigenvalue weighted by Gasteiger charge is -2.35. The summed E-state index contributed by atoms with van der Waals surface area (Å²) in [5, 5.41) is 13.4. The van der Waals surface area contributed by atoms with Gasteiger partial charge in [-0.05, 0) is 57.2 Å². The maximum atomic E-state index is 9.13. The third-order valence-corrected chi connectivity index (χ3v) is 7.12. The van der Waals surface area contributed by atoms with Crippen molar-refractivity contribution in [3.63, 3.8) is 0 Å². The number of β-amino-alcohol motifs (C(OH)–C–C–N with tert-alkyl or cyclic N) is 1. The Morgan fingerprint density at radius 1 is 1.09 bits per heavy atom. The summed E-state index contributed by atoms with van der Waals surface area (Å²) in [5.41, 5.74) is 4.67. The molecule has 33 heavy (non-hydrogen) atoms. The molecule has 0 aliphatic carbocycles. The van der Waals surface area contributed by atoms with Crippen LogP contribution in [0.2, 0.25) is 5.02 Å². The Labute approximate surface area is 199 Å². The van der Waals surface area contributed by atoms with Gasteiger partial charge < -0.3 is 25.2 Å². The van der Waals surface area contributed by atoms with Crippen molar-refractivity contribution in [2.75, 3.05) is 69.7 Å². The van der Waals surface area contributed by atoms with Gasteiger partial charge in [0.05, 0.1) is 23.5 Å². The van der Waals surface area contributed by atoms with Gasteiger partial charge in [-0.15, -0.1) is 0 Å². The molecule has 0 radical (unpaired) electrons. The molecule has 1 aromatic carbocycles. The maximum absolute atomic E-state index is 9.13. The van der Waals surface area contributed by atoms with Crippen LogP contribution in [0.15, 0.2) is 30.5 Å². The summed E-state index contributed by atoms with van der Waals surface area (Å²) >= 11 is 6.54. The van der Waals surface area contributed by atoms with E-state index in [9.17, 15) is 0 Å². The van der Waals surface area contributed by atoms with Gasteiger partial charge in [0.25, 0.3) is 0 Å². The summed E-state index contributed by atoms with van der Waals surface area (Å²) in [4.78, 5) is 19.7. The van der Waals surface area contributed by atoms with Crippen molar-refractivity contribution < 1.29 is 5.11 Å². The van der Waals surface area contributed by atoms with Gasteiger partial charge in [0, 0.05) is 50.0 Å². The molecule has 4 heterocycles. The highest BCUT2D eigenvalue weighted by molar-refractivity contribution is 6.34. The van der Waals surface area contributed by atoms with E-state index in [2.05, 4.69) is 61.3 Å².